The number of carbonyl (C=O) groups excluding carboxylic acids is 1. The van der Waals surface area contributed by atoms with E-state index >= 15 is 0 Å². The summed E-state index contributed by atoms with van der Waals surface area (Å²) in [5.74, 6) is 0.941. The molecule has 2 aliphatic rings. The van der Waals surface area contributed by atoms with E-state index in [1.165, 1.54) is 4.31 Å². The minimum atomic E-state index is -3.22. The van der Waals surface area contributed by atoms with Gasteiger partial charge in [-0.15, -0.1) is 11.8 Å². The number of nitrogens with one attached hydrogen (secondary N) is 1. The van der Waals surface area contributed by atoms with Crippen molar-refractivity contribution in [2.45, 2.75) is 23.8 Å². The first-order valence-corrected chi connectivity index (χ1v) is 11.7. The number of sulfonamides is 1. The first-order chi connectivity index (χ1) is 12.9. The van der Waals surface area contributed by atoms with Gasteiger partial charge in [-0.1, -0.05) is 11.6 Å². The molecule has 1 fully saturated rings. The molecule has 27 heavy (non-hydrogen) atoms. The smallest absolute Gasteiger partial charge is 0.251 e. The van der Waals surface area contributed by atoms with E-state index < -0.39 is 10.0 Å². The summed E-state index contributed by atoms with van der Waals surface area (Å²) in [6.07, 6.45) is 1.47. The van der Waals surface area contributed by atoms with Gasteiger partial charge in [0.05, 0.1) is 17.5 Å². The lowest BCUT2D eigenvalue weighted by Gasteiger charge is -2.26. The first-order valence-electron chi connectivity index (χ1n) is 8.78. The van der Waals surface area contributed by atoms with Gasteiger partial charge < -0.3 is 5.32 Å². The van der Waals surface area contributed by atoms with Crippen molar-refractivity contribution in [3.8, 4) is 0 Å². The number of amides is 1. The van der Waals surface area contributed by atoms with Gasteiger partial charge in [0.2, 0.25) is 10.0 Å². The van der Waals surface area contributed by atoms with Gasteiger partial charge in [-0.2, -0.15) is 0 Å². The molecule has 142 valence electrons. The molecular formula is C19H19ClN2O3S2. The van der Waals surface area contributed by atoms with E-state index in [4.69, 9.17) is 11.6 Å². The minimum Gasteiger partial charge on any atom is -0.345 e. The average molecular weight is 423 g/mol. The van der Waals surface area contributed by atoms with Gasteiger partial charge in [0, 0.05) is 27.8 Å². The summed E-state index contributed by atoms with van der Waals surface area (Å²) >= 11 is 7.89. The summed E-state index contributed by atoms with van der Waals surface area (Å²) < 4.78 is 25.5. The fourth-order valence-electron chi connectivity index (χ4n) is 3.47. The Bertz CT molecular complexity index is 977. The van der Waals surface area contributed by atoms with Crippen molar-refractivity contribution < 1.29 is 13.2 Å². The van der Waals surface area contributed by atoms with Crippen LogP contribution in [0.4, 0.5) is 5.69 Å². The van der Waals surface area contributed by atoms with Crippen LogP contribution >= 0.6 is 23.4 Å². The second kappa shape index (κ2) is 7.37. The van der Waals surface area contributed by atoms with Crippen molar-refractivity contribution in [2.24, 2.45) is 0 Å². The van der Waals surface area contributed by atoms with Gasteiger partial charge in [-0.25, -0.2) is 8.42 Å². The van der Waals surface area contributed by atoms with Crippen molar-refractivity contribution in [3.63, 3.8) is 0 Å². The van der Waals surface area contributed by atoms with Crippen molar-refractivity contribution in [2.75, 3.05) is 22.4 Å². The first kappa shape index (κ1) is 18.7. The standard InChI is InChI=1S/C19H19ClN2O3S2/c20-14-4-7-18-16(12-14)17(8-10-26-18)21-19(23)13-2-5-15(6-3-13)22-9-1-11-27(22,24)25/h2-7,12,17H,1,8-11H2,(H,21,23)/t17-/m1/s1. The maximum Gasteiger partial charge on any atom is 0.251 e. The molecule has 1 atom stereocenters. The molecule has 0 spiro atoms. The third-order valence-electron chi connectivity index (χ3n) is 4.83. The SMILES string of the molecule is O=C(N[C@@H]1CCSc2ccc(Cl)cc21)c1ccc(N2CCCS2(=O)=O)cc1. The lowest BCUT2D eigenvalue weighted by Crippen LogP contribution is -2.30. The van der Waals surface area contributed by atoms with Gasteiger partial charge in [0.15, 0.2) is 0 Å². The Morgan fingerprint density at radius 3 is 2.67 bits per heavy atom. The molecule has 2 aromatic carbocycles. The predicted molar refractivity (Wildman–Crippen MR) is 109 cm³/mol. The zero-order chi connectivity index (χ0) is 19.0. The molecule has 0 aliphatic carbocycles. The number of nitrogens with zero attached hydrogens (tertiary/aromatic N) is 1. The Kier molecular flexibility index (Phi) is 5.09. The number of rotatable bonds is 3. The van der Waals surface area contributed by atoms with E-state index in [1.807, 2.05) is 18.2 Å². The topological polar surface area (TPSA) is 66.5 Å². The second-order valence-electron chi connectivity index (χ2n) is 6.63. The van der Waals surface area contributed by atoms with Crippen LogP contribution in [0.25, 0.3) is 0 Å². The monoisotopic (exact) mass is 422 g/mol. The summed E-state index contributed by atoms with van der Waals surface area (Å²) in [4.78, 5) is 13.8. The van der Waals surface area contributed by atoms with E-state index in [2.05, 4.69) is 5.32 Å². The molecule has 0 radical (unpaired) electrons. The Hall–Kier alpha value is -1.70. The molecule has 0 bridgehead atoms. The quantitative estimate of drug-likeness (QED) is 0.815. The van der Waals surface area contributed by atoms with Crippen LogP contribution in [-0.2, 0) is 10.0 Å². The van der Waals surface area contributed by atoms with Crippen LogP contribution in [0, 0.1) is 0 Å². The predicted octanol–water partition coefficient (Wildman–Crippen LogP) is 3.85. The van der Waals surface area contributed by atoms with Crippen LogP contribution in [0.15, 0.2) is 47.4 Å². The molecule has 8 heteroatoms. The molecule has 5 nitrogen and oxygen atoms in total. The summed E-state index contributed by atoms with van der Waals surface area (Å²) in [6, 6.07) is 12.4. The van der Waals surface area contributed by atoms with Crippen LogP contribution in [0.1, 0.15) is 34.8 Å². The van der Waals surface area contributed by atoms with Crippen LogP contribution in [-0.4, -0.2) is 32.4 Å². The number of carbonyl (C=O) groups is 1. The summed E-state index contributed by atoms with van der Waals surface area (Å²) in [6.45, 7) is 0.491. The van der Waals surface area contributed by atoms with Crippen LogP contribution < -0.4 is 9.62 Å². The minimum absolute atomic E-state index is 0.0777. The Labute approximate surface area is 168 Å². The lowest BCUT2D eigenvalue weighted by atomic mass is 10.0. The van der Waals surface area contributed by atoms with Gasteiger partial charge in [-0.3, -0.25) is 9.10 Å². The van der Waals surface area contributed by atoms with E-state index in [0.29, 0.717) is 29.2 Å². The molecule has 0 unspecified atom stereocenters. The van der Waals surface area contributed by atoms with Gasteiger partial charge in [0.1, 0.15) is 0 Å². The summed E-state index contributed by atoms with van der Waals surface area (Å²) in [7, 11) is -3.22. The largest absolute Gasteiger partial charge is 0.345 e. The number of thioether (sulfide) groups is 1. The Morgan fingerprint density at radius 1 is 1.19 bits per heavy atom. The molecule has 1 N–H and O–H groups in total. The van der Waals surface area contributed by atoms with Crippen LogP contribution in [0.5, 0.6) is 0 Å². The maximum absolute atomic E-state index is 12.7. The number of hydrogen-bond acceptors (Lipinski definition) is 4. The van der Waals surface area contributed by atoms with Crippen molar-refractivity contribution in [1.82, 2.24) is 5.32 Å². The average Bonchev–Trinajstić information content (AvgIpc) is 3.01. The molecule has 0 aromatic heterocycles. The van der Waals surface area contributed by atoms with Gasteiger partial charge in [0.25, 0.3) is 5.91 Å². The summed E-state index contributed by atoms with van der Waals surface area (Å²) in [5, 5.41) is 3.74. The van der Waals surface area contributed by atoms with E-state index in [1.54, 1.807) is 36.0 Å². The van der Waals surface area contributed by atoms with Crippen LogP contribution in [0.2, 0.25) is 5.02 Å². The highest BCUT2D eigenvalue weighted by Gasteiger charge is 2.28. The number of halogens is 1. The lowest BCUT2D eigenvalue weighted by molar-refractivity contribution is 0.0935. The zero-order valence-corrected chi connectivity index (χ0v) is 16.9. The Morgan fingerprint density at radius 2 is 1.96 bits per heavy atom. The zero-order valence-electron chi connectivity index (χ0n) is 14.5. The van der Waals surface area contributed by atoms with Crippen molar-refractivity contribution >= 4 is 45.0 Å². The molecule has 1 saturated heterocycles. The fraction of sp³-hybridized carbons (Fsp3) is 0.316. The molecule has 1 amide bonds. The number of hydrogen-bond donors (Lipinski definition) is 1. The summed E-state index contributed by atoms with van der Waals surface area (Å²) in [5.41, 5.74) is 2.17. The maximum atomic E-state index is 12.7. The number of anilines is 1. The van der Waals surface area contributed by atoms with Crippen molar-refractivity contribution in [1.29, 1.82) is 0 Å². The molecule has 2 aliphatic heterocycles. The molecule has 4 rings (SSSR count). The highest BCUT2D eigenvalue weighted by Crippen LogP contribution is 2.37. The molecule has 2 heterocycles. The van der Waals surface area contributed by atoms with Gasteiger partial charge in [-0.05, 0) is 60.9 Å². The number of benzene rings is 2. The highest BCUT2D eigenvalue weighted by molar-refractivity contribution is 7.99. The fourth-order valence-corrected chi connectivity index (χ4v) is 6.32. The van der Waals surface area contributed by atoms with E-state index in [-0.39, 0.29) is 17.7 Å². The second-order valence-corrected chi connectivity index (χ2v) is 10.2. The highest BCUT2D eigenvalue weighted by atomic mass is 35.5. The van der Waals surface area contributed by atoms with E-state index in [9.17, 15) is 13.2 Å². The molecular weight excluding hydrogens is 404 g/mol. The van der Waals surface area contributed by atoms with Crippen molar-refractivity contribution in [3.05, 3.63) is 58.6 Å². The number of fused-ring (bicyclic) bond motifs is 1. The normalized spacial score (nSPS) is 20.9. The third kappa shape index (κ3) is 3.81. The van der Waals surface area contributed by atoms with Gasteiger partial charge >= 0.3 is 0 Å². The third-order valence-corrected chi connectivity index (χ3v) is 8.06. The van der Waals surface area contributed by atoms with Crippen LogP contribution in [0.3, 0.4) is 0 Å². The van der Waals surface area contributed by atoms with E-state index in [0.717, 1.165) is 22.6 Å². The Balaban J connectivity index is 1.51. The molecule has 2 aromatic rings. The molecule has 0 saturated carbocycles.